The van der Waals surface area contributed by atoms with E-state index in [1.165, 1.54) is 18.2 Å². The first kappa shape index (κ1) is 21.0. The third-order valence-electron chi connectivity index (χ3n) is 4.68. The number of rotatable bonds is 2. The van der Waals surface area contributed by atoms with Gasteiger partial charge in [0.05, 0.1) is 0 Å². The quantitative estimate of drug-likeness (QED) is 0.413. The molecule has 0 atom stereocenters. The van der Waals surface area contributed by atoms with Gasteiger partial charge in [-0.1, -0.05) is 18.2 Å². The smallest absolute Gasteiger partial charge is 0.121 e. The van der Waals surface area contributed by atoms with Crippen LogP contribution in [0.5, 0.6) is 28.7 Å². The fourth-order valence-corrected chi connectivity index (χ4v) is 3.00. The normalized spacial score (nSPS) is 10.3. The van der Waals surface area contributed by atoms with Gasteiger partial charge in [0.2, 0.25) is 0 Å². The van der Waals surface area contributed by atoms with Gasteiger partial charge in [-0.3, -0.25) is 0 Å². The molecule has 0 heterocycles. The van der Waals surface area contributed by atoms with E-state index in [4.69, 9.17) is 5.11 Å². The summed E-state index contributed by atoms with van der Waals surface area (Å²) in [5.41, 5.74) is 4.07. The summed E-state index contributed by atoms with van der Waals surface area (Å²) >= 11 is 0. The van der Waals surface area contributed by atoms with Crippen LogP contribution in [0.4, 0.5) is 0 Å². The van der Waals surface area contributed by atoms with Gasteiger partial charge in [0.15, 0.2) is 0 Å². The fourth-order valence-electron chi connectivity index (χ4n) is 3.00. The molecule has 5 N–H and O–H groups in total. The van der Waals surface area contributed by atoms with E-state index < -0.39 is 0 Å². The average molecular weight is 382 g/mol. The van der Waals surface area contributed by atoms with Crippen LogP contribution in [0.2, 0.25) is 0 Å². The molecule has 148 valence electrons. The second-order valence-corrected chi connectivity index (χ2v) is 6.90. The third-order valence-corrected chi connectivity index (χ3v) is 4.68. The van der Waals surface area contributed by atoms with Gasteiger partial charge < -0.3 is 25.5 Å². The zero-order valence-electron chi connectivity index (χ0n) is 16.5. The maximum Gasteiger partial charge on any atom is 0.121 e. The van der Waals surface area contributed by atoms with E-state index in [9.17, 15) is 20.4 Å². The highest BCUT2D eigenvalue weighted by molar-refractivity contribution is 5.53. The topological polar surface area (TPSA) is 101 Å². The van der Waals surface area contributed by atoms with Crippen molar-refractivity contribution < 1.29 is 25.5 Å². The highest BCUT2D eigenvalue weighted by Gasteiger charge is 2.13. The predicted octanol–water partition coefficient (Wildman–Crippen LogP) is 4.73. The van der Waals surface area contributed by atoms with E-state index in [0.717, 1.165) is 5.56 Å². The van der Waals surface area contributed by atoms with Crippen LogP contribution in [0.15, 0.2) is 42.5 Å². The molecule has 0 radical (unpaired) electrons. The van der Waals surface area contributed by atoms with Crippen LogP contribution in [0.3, 0.4) is 0 Å². The zero-order chi connectivity index (χ0) is 21.0. The van der Waals surface area contributed by atoms with Crippen molar-refractivity contribution in [2.75, 3.05) is 0 Å². The van der Waals surface area contributed by atoms with Crippen LogP contribution in [0.1, 0.15) is 33.4 Å². The summed E-state index contributed by atoms with van der Waals surface area (Å²) in [5.74, 6) is 0.992. The summed E-state index contributed by atoms with van der Waals surface area (Å²) in [4.78, 5) is 0. The van der Waals surface area contributed by atoms with Gasteiger partial charge >= 0.3 is 0 Å². The molecule has 0 aliphatic carbocycles. The lowest BCUT2D eigenvalue weighted by atomic mass is 9.96. The van der Waals surface area contributed by atoms with Crippen LogP contribution >= 0.6 is 0 Å². The molecule has 0 unspecified atom stereocenters. The lowest BCUT2D eigenvalue weighted by Gasteiger charge is -2.13. The number of para-hydroxylation sites is 1. The van der Waals surface area contributed by atoms with Gasteiger partial charge in [-0.2, -0.15) is 0 Å². The van der Waals surface area contributed by atoms with Crippen LogP contribution in [0, 0.1) is 27.7 Å². The number of aromatic hydroxyl groups is 5. The van der Waals surface area contributed by atoms with Crippen molar-refractivity contribution >= 4 is 0 Å². The van der Waals surface area contributed by atoms with Crippen molar-refractivity contribution in [2.45, 2.75) is 34.1 Å². The molecule has 0 spiro atoms. The molecule has 0 fully saturated rings. The second kappa shape index (κ2) is 8.57. The van der Waals surface area contributed by atoms with E-state index in [-0.39, 0.29) is 28.7 Å². The largest absolute Gasteiger partial charge is 0.508 e. The minimum absolute atomic E-state index is 0.144. The maximum absolute atomic E-state index is 9.96. The molecule has 0 bridgehead atoms. The van der Waals surface area contributed by atoms with Crippen molar-refractivity contribution in [3.63, 3.8) is 0 Å². The van der Waals surface area contributed by atoms with Crippen LogP contribution in [-0.2, 0) is 6.42 Å². The SMILES string of the molecule is Cc1cc(O)c(Cc2ccccc2O)c(C)c1O.Cc1cc(O)cc(C)c1O. The van der Waals surface area contributed by atoms with Crippen molar-refractivity contribution in [3.8, 4) is 28.7 Å². The number of phenols is 5. The third kappa shape index (κ3) is 4.68. The molecule has 5 heteroatoms. The Morgan fingerprint density at radius 1 is 0.643 bits per heavy atom. The fraction of sp³-hybridized carbons (Fsp3) is 0.217. The van der Waals surface area contributed by atoms with E-state index in [2.05, 4.69) is 0 Å². The van der Waals surface area contributed by atoms with E-state index >= 15 is 0 Å². The highest BCUT2D eigenvalue weighted by atomic mass is 16.3. The lowest BCUT2D eigenvalue weighted by Crippen LogP contribution is -1.95. The molecule has 3 rings (SSSR count). The predicted molar refractivity (Wildman–Crippen MR) is 109 cm³/mol. The molecule has 0 aromatic heterocycles. The van der Waals surface area contributed by atoms with Crippen LogP contribution in [-0.4, -0.2) is 25.5 Å². The Balaban J connectivity index is 0.000000237. The van der Waals surface area contributed by atoms with Gasteiger partial charge in [-0.25, -0.2) is 0 Å². The van der Waals surface area contributed by atoms with E-state index in [0.29, 0.717) is 34.2 Å². The lowest BCUT2D eigenvalue weighted by molar-refractivity contribution is 0.446. The average Bonchev–Trinajstić information content (AvgIpc) is 2.63. The first-order valence-corrected chi connectivity index (χ1v) is 8.88. The maximum atomic E-state index is 9.96. The van der Waals surface area contributed by atoms with Gasteiger partial charge in [0.25, 0.3) is 0 Å². The Bertz CT molecular complexity index is 970. The Hall–Kier alpha value is -3.34. The molecule has 0 aliphatic heterocycles. The Labute approximate surface area is 164 Å². The second-order valence-electron chi connectivity index (χ2n) is 6.90. The number of benzene rings is 3. The number of hydrogen-bond donors (Lipinski definition) is 5. The first-order valence-electron chi connectivity index (χ1n) is 8.88. The number of phenolic OH excluding ortho intramolecular Hbond substituents is 5. The summed E-state index contributed by atoms with van der Waals surface area (Å²) in [5, 5.41) is 47.8. The van der Waals surface area contributed by atoms with Gasteiger partial charge in [-0.05, 0) is 79.8 Å². The van der Waals surface area contributed by atoms with Crippen molar-refractivity contribution in [1.82, 2.24) is 0 Å². The molecule has 0 amide bonds. The minimum Gasteiger partial charge on any atom is -0.508 e. The number of aryl methyl sites for hydroxylation is 3. The van der Waals surface area contributed by atoms with Gasteiger partial charge in [0, 0.05) is 12.0 Å². The van der Waals surface area contributed by atoms with Gasteiger partial charge in [0.1, 0.15) is 28.7 Å². The van der Waals surface area contributed by atoms with Gasteiger partial charge in [-0.15, -0.1) is 0 Å². The Morgan fingerprint density at radius 2 is 1.18 bits per heavy atom. The van der Waals surface area contributed by atoms with Crippen molar-refractivity contribution in [3.05, 3.63) is 75.8 Å². The summed E-state index contributed by atoms with van der Waals surface area (Å²) < 4.78 is 0. The monoisotopic (exact) mass is 382 g/mol. The van der Waals surface area contributed by atoms with E-state index in [1.807, 2.05) is 6.07 Å². The Kier molecular flexibility index (Phi) is 6.41. The highest BCUT2D eigenvalue weighted by Crippen LogP contribution is 2.34. The summed E-state index contributed by atoms with van der Waals surface area (Å²) in [6.07, 6.45) is 0.387. The van der Waals surface area contributed by atoms with Crippen LogP contribution in [0.25, 0.3) is 0 Å². The van der Waals surface area contributed by atoms with Crippen LogP contribution < -0.4 is 0 Å². The molecular formula is C23H26O5. The first-order chi connectivity index (χ1) is 13.1. The molecule has 5 nitrogen and oxygen atoms in total. The van der Waals surface area contributed by atoms with E-state index in [1.54, 1.807) is 45.9 Å². The summed E-state index contributed by atoms with van der Waals surface area (Å²) in [6, 6.07) is 11.6. The number of hydrogen-bond acceptors (Lipinski definition) is 5. The molecule has 0 aliphatic rings. The summed E-state index contributed by atoms with van der Waals surface area (Å²) in [7, 11) is 0. The standard InChI is InChI=1S/C15H16O3.C8H10O2/c1-9-7-14(17)12(10(2)15(9)18)8-11-5-3-4-6-13(11)16;1-5-3-7(9)4-6(2)8(5)10/h3-7,16-18H,8H2,1-2H3;3-4,9-10H,1-2H3. The molecule has 0 saturated carbocycles. The minimum atomic E-state index is 0.144. The summed E-state index contributed by atoms with van der Waals surface area (Å²) in [6.45, 7) is 7.01. The molecule has 3 aromatic rings. The molecule has 28 heavy (non-hydrogen) atoms. The molecular weight excluding hydrogens is 356 g/mol. The van der Waals surface area contributed by atoms with Crippen molar-refractivity contribution in [1.29, 1.82) is 0 Å². The zero-order valence-corrected chi connectivity index (χ0v) is 16.5. The Morgan fingerprint density at radius 3 is 1.75 bits per heavy atom. The molecule has 3 aromatic carbocycles. The van der Waals surface area contributed by atoms with Crippen molar-refractivity contribution in [2.24, 2.45) is 0 Å². The molecule has 0 saturated heterocycles.